The first-order valence-corrected chi connectivity index (χ1v) is 6.01. The number of aromatic amines is 1. The highest BCUT2D eigenvalue weighted by molar-refractivity contribution is 5.88. The predicted molar refractivity (Wildman–Crippen MR) is 67.8 cm³/mol. The van der Waals surface area contributed by atoms with Crippen molar-refractivity contribution in [2.45, 2.75) is 24.5 Å². The van der Waals surface area contributed by atoms with Crippen molar-refractivity contribution in [2.24, 2.45) is 0 Å². The zero-order valence-corrected chi connectivity index (χ0v) is 10.3. The van der Waals surface area contributed by atoms with Crippen LogP contribution in [0.1, 0.15) is 6.23 Å². The highest BCUT2D eigenvalue weighted by Gasteiger charge is 2.43. The second kappa shape index (κ2) is 4.56. The molecule has 2 aromatic rings. The molecule has 0 bridgehead atoms. The molecule has 0 spiro atoms. The lowest BCUT2D eigenvalue weighted by atomic mass is 10.1. The average Bonchev–Trinajstić information content (AvgIpc) is 2.99. The number of aromatic nitrogens is 3. The first kappa shape index (κ1) is 13.1. The standard InChI is InChI=1S/C11H14N4O5/c12-9-4-1-2-15(6(4)10(19)14-13-9)11-8(18)7(17)5(3-16)20-11/h1-2,5,7-8,11,16-18H,3H2,(H2,12,13)(H,14,19)/t5-,7-,8+,11-/m1/s1. The number of H-pyrrole nitrogens is 1. The number of ether oxygens (including phenoxy) is 1. The van der Waals surface area contributed by atoms with Gasteiger partial charge in [0, 0.05) is 11.6 Å². The third kappa shape index (κ3) is 1.72. The fourth-order valence-electron chi connectivity index (χ4n) is 2.44. The van der Waals surface area contributed by atoms with Crippen LogP contribution in [0.2, 0.25) is 0 Å². The van der Waals surface area contributed by atoms with Crippen molar-refractivity contribution >= 4 is 16.7 Å². The van der Waals surface area contributed by atoms with Crippen LogP contribution in [0, 0.1) is 0 Å². The van der Waals surface area contributed by atoms with E-state index in [9.17, 15) is 15.0 Å². The van der Waals surface area contributed by atoms with Gasteiger partial charge in [0.2, 0.25) is 0 Å². The van der Waals surface area contributed by atoms with Crippen LogP contribution in [0.25, 0.3) is 10.9 Å². The van der Waals surface area contributed by atoms with Crippen molar-refractivity contribution in [1.82, 2.24) is 14.8 Å². The highest BCUT2D eigenvalue weighted by atomic mass is 16.6. The Bertz CT molecular complexity index is 696. The average molecular weight is 282 g/mol. The number of nitrogen functional groups attached to an aromatic ring is 1. The van der Waals surface area contributed by atoms with Gasteiger partial charge in [-0.25, -0.2) is 5.10 Å². The quantitative estimate of drug-likeness (QED) is 0.424. The molecule has 1 saturated heterocycles. The topological polar surface area (TPSA) is 147 Å². The molecule has 0 unspecified atom stereocenters. The van der Waals surface area contributed by atoms with E-state index in [1.807, 2.05) is 0 Å². The van der Waals surface area contributed by atoms with E-state index in [2.05, 4.69) is 10.2 Å². The van der Waals surface area contributed by atoms with E-state index < -0.39 is 36.7 Å². The van der Waals surface area contributed by atoms with Crippen LogP contribution in [0.4, 0.5) is 5.82 Å². The fourth-order valence-corrected chi connectivity index (χ4v) is 2.44. The van der Waals surface area contributed by atoms with Gasteiger partial charge in [0.25, 0.3) is 5.56 Å². The normalized spacial score (nSPS) is 30.1. The summed E-state index contributed by atoms with van der Waals surface area (Å²) in [6, 6.07) is 1.57. The van der Waals surface area contributed by atoms with Gasteiger partial charge in [0.05, 0.1) is 6.61 Å². The fraction of sp³-hybridized carbons (Fsp3) is 0.455. The van der Waals surface area contributed by atoms with Crippen molar-refractivity contribution < 1.29 is 20.1 Å². The third-order valence-corrected chi connectivity index (χ3v) is 3.48. The Morgan fingerprint density at radius 2 is 2.20 bits per heavy atom. The van der Waals surface area contributed by atoms with Gasteiger partial charge in [-0.05, 0) is 6.07 Å². The first-order chi connectivity index (χ1) is 9.54. The smallest absolute Gasteiger partial charge is 0.288 e. The van der Waals surface area contributed by atoms with Crippen LogP contribution < -0.4 is 11.3 Å². The zero-order chi connectivity index (χ0) is 14.4. The molecule has 0 aromatic carbocycles. The van der Waals surface area contributed by atoms with Crippen molar-refractivity contribution in [2.75, 3.05) is 12.3 Å². The summed E-state index contributed by atoms with van der Waals surface area (Å²) < 4.78 is 6.75. The number of anilines is 1. The van der Waals surface area contributed by atoms with Gasteiger partial charge in [0.15, 0.2) is 12.0 Å². The number of hydrogen-bond donors (Lipinski definition) is 5. The van der Waals surface area contributed by atoms with Crippen LogP contribution in [0.3, 0.4) is 0 Å². The molecule has 9 nitrogen and oxygen atoms in total. The van der Waals surface area contributed by atoms with Crippen molar-refractivity contribution in [3.8, 4) is 0 Å². The molecule has 108 valence electrons. The third-order valence-electron chi connectivity index (χ3n) is 3.48. The Balaban J connectivity index is 2.12. The largest absolute Gasteiger partial charge is 0.394 e. The first-order valence-electron chi connectivity index (χ1n) is 6.01. The summed E-state index contributed by atoms with van der Waals surface area (Å²) in [5.41, 5.74) is 5.36. The summed E-state index contributed by atoms with van der Waals surface area (Å²) in [7, 11) is 0. The van der Waals surface area contributed by atoms with Crippen LogP contribution >= 0.6 is 0 Å². The SMILES string of the molecule is Nc1n[nH]c(=O)c2c1ccn2[C@@H]1O[C@H](CO)[C@@H](O)[C@@H]1O. The van der Waals surface area contributed by atoms with Gasteiger partial charge >= 0.3 is 0 Å². The maximum Gasteiger partial charge on any atom is 0.288 e. The van der Waals surface area contributed by atoms with Crippen molar-refractivity contribution in [3.63, 3.8) is 0 Å². The second-order valence-electron chi connectivity index (χ2n) is 4.65. The van der Waals surface area contributed by atoms with Gasteiger partial charge in [-0.3, -0.25) is 4.79 Å². The number of rotatable bonds is 2. The molecule has 2 aromatic heterocycles. The van der Waals surface area contributed by atoms with E-state index in [-0.39, 0.29) is 11.3 Å². The summed E-state index contributed by atoms with van der Waals surface area (Å²) in [5, 5.41) is 35.1. The molecule has 1 aliphatic heterocycles. The minimum absolute atomic E-state index is 0.144. The molecule has 1 aliphatic rings. The van der Waals surface area contributed by atoms with E-state index in [0.29, 0.717) is 5.39 Å². The molecule has 0 aliphatic carbocycles. The molecule has 3 heterocycles. The molecule has 0 radical (unpaired) electrons. The molecular formula is C11H14N4O5. The Hall–Kier alpha value is -1.94. The molecule has 4 atom stereocenters. The summed E-state index contributed by atoms with van der Waals surface area (Å²) in [5.74, 6) is 0.144. The highest BCUT2D eigenvalue weighted by Crippen LogP contribution is 2.32. The summed E-state index contributed by atoms with van der Waals surface area (Å²) in [4.78, 5) is 11.9. The number of hydrogen-bond acceptors (Lipinski definition) is 7. The summed E-state index contributed by atoms with van der Waals surface area (Å²) in [6.45, 7) is -0.437. The van der Waals surface area contributed by atoms with Gasteiger partial charge in [-0.15, -0.1) is 0 Å². The molecule has 1 fully saturated rings. The van der Waals surface area contributed by atoms with Crippen molar-refractivity contribution in [3.05, 3.63) is 22.6 Å². The number of fused-ring (bicyclic) bond motifs is 1. The molecule has 9 heteroatoms. The Kier molecular flexibility index (Phi) is 2.98. The van der Waals surface area contributed by atoms with E-state index in [4.69, 9.17) is 15.6 Å². The molecule has 0 amide bonds. The zero-order valence-electron chi connectivity index (χ0n) is 10.3. The second-order valence-corrected chi connectivity index (χ2v) is 4.65. The van der Waals surface area contributed by atoms with Gasteiger partial charge in [-0.1, -0.05) is 0 Å². The van der Waals surface area contributed by atoms with E-state index >= 15 is 0 Å². The number of aliphatic hydroxyl groups excluding tert-OH is 3. The molecule has 3 rings (SSSR count). The number of aliphatic hydroxyl groups is 3. The number of nitrogens with two attached hydrogens (primary N) is 1. The Morgan fingerprint density at radius 3 is 2.85 bits per heavy atom. The number of nitrogens with one attached hydrogen (secondary N) is 1. The lowest BCUT2D eigenvalue weighted by Crippen LogP contribution is -2.33. The van der Waals surface area contributed by atoms with Gasteiger partial charge in [-0.2, -0.15) is 5.10 Å². The minimum Gasteiger partial charge on any atom is -0.394 e. The molecule has 6 N–H and O–H groups in total. The lowest BCUT2D eigenvalue weighted by Gasteiger charge is -2.17. The summed E-state index contributed by atoms with van der Waals surface area (Å²) in [6.07, 6.45) is -2.89. The van der Waals surface area contributed by atoms with Crippen LogP contribution in [-0.4, -0.2) is 55.0 Å². The van der Waals surface area contributed by atoms with E-state index in [1.54, 1.807) is 6.07 Å². The predicted octanol–water partition coefficient (Wildman–Crippen LogP) is -2.08. The number of nitrogens with zero attached hydrogens (tertiary/aromatic N) is 2. The molecule has 0 saturated carbocycles. The van der Waals surface area contributed by atoms with Crippen LogP contribution in [0.15, 0.2) is 17.1 Å². The maximum atomic E-state index is 11.9. The van der Waals surface area contributed by atoms with E-state index in [0.717, 1.165) is 0 Å². The van der Waals surface area contributed by atoms with Crippen LogP contribution in [0.5, 0.6) is 0 Å². The Labute approximate surface area is 112 Å². The minimum atomic E-state index is -1.27. The van der Waals surface area contributed by atoms with E-state index in [1.165, 1.54) is 10.8 Å². The molecule has 20 heavy (non-hydrogen) atoms. The summed E-state index contributed by atoms with van der Waals surface area (Å²) >= 11 is 0. The lowest BCUT2D eigenvalue weighted by molar-refractivity contribution is -0.0507. The van der Waals surface area contributed by atoms with Crippen molar-refractivity contribution in [1.29, 1.82) is 0 Å². The maximum absolute atomic E-state index is 11.9. The Morgan fingerprint density at radius 1 is 1.45 bits per heavy atom. The van der Waals surface area contributed by atoms with Gasteiger partial charge in [0.1, 0.15) is 23.8 Å². The van der Waals surface area contributed by atoms with Gasteiger partial charge < -0.3 is 30.4 Å². The van der Waals surface area contributed by atoms with Crippen LogP contribution in [-0.2, 0) is 4.74 Å². The monoisotopic (exact) mass is 282 g/mol. The molecular weight excluding hydrogens is 268 g/mol.